The summed E-state index contributed by atoms with van der Waals surface area (Å²) < 4.78 is 35.7. The highest BCUT2D eigenvalue weighted by atomic mass is 19.4. The summed E-state index contributed by atoms with van der Waals surface area (Å²) in [5.41, 5.74) is 6.88. The monoisotopic (exact) mass is 246 g/mol. The molecule has 0 radical (unpaired) electrons. The molecule has 2 N–H and O–H groups in total. The predicted molar refractivity (Wildman–Crippen MR) is 60.4 cm³/mol. The number of halogens is 3. The van der Waals surface area contributed by atoms with Gasteiger partial charge in [0.25, 0.3) is 0 Å². The van der Waals surface area contributed by atoms with Gasteiger partial charge in [0.15, 0.2) is 0 Å². The van der Waals surface area contributed by atoms with E-state index in [2.05, 4.69) is 4.98 Å². The molecule has 17 heavy (non-hydrogen) atoms. The third-order valence-corrected chi connectivity index (χ3v) is 2.59. The Morgan fingerprint density at radius 3 is 2.41 bits per heavy atom. The third kappa shape index (κ3) is 6.94. The summed E-state index contributed by atoms with van der Waals surface area (Å²) in [6, 6.07) is 3.62. The van der Waals surface area contributed by atoms with Crippen molar-refractivity contribution in [1.29, 1.82) is 0 Å². The van der Waals surface area contributed by atoms with Crippen molar-refractivity contribution in [3.63, 3.8) is 0 Å². The van der Waals surface area contributed by atoms with E-state index in [0.717, 1.165) is 12.0 Å². The lowest BCUT2D eigenvalue weighted by Gasteiger charge is -2.12. The fourth-order valence-corrected chi connectivity index (χ4v) is 1.61. The lowest BCUT2D eigenvalue weighted by atomic mass is 10.0. The minimum atomic E-state index is -4.06. The van der Waals surface area contributed by atoms with E-state index in [-0.39, 0.29) is 12.5 Å². The maximum atomic E-state index is 11.9. The van der Waals surface area contributed by atoms with Crippen LogP contribution in [0.2, 0.25) is 0 Å². The molecule has 0 saturated carbocycles. The Kier molecular flexibility index (Phi) is 5.41. The van der Waals surface area contributed by atoms with E-state index in [4.69, 9.17) is 5.73 Å². The van der Waals surface area contributed by atoms with Crippen LogP contribution in [0.4, 0.5) is 13.2 Å². The van der Waals surface area contributed by atoms with Crippen LogP contribution in [-0.2, 0) is 6.42 Å². The summed E-state index contributed by atoms with van der Waals surface area (Å²) in [5, 5.41) is 0. The molecule has 1 aromatic rings. The van der Waals surface area contributed by atoms with E-state index in [9.17, 15) is 13.2 Å². The summed E-state index contributed by atoms with van der Waals surface area (Å²) >= 11 is 0. The number of hydrogen-bond acceptors (Lipinski definition) is 2. The van der Waals surface area contributed by atoms with Gasteiger partial charge in [0.05, 0.1) is 0 Å². The van der Waals surface area contributed by atoms with Crippen molar-refractivity contribution in [3.8, 4) is 0 Å². The number of nitrogens with zero attached hydrogens (tertiary/aromatic N) is 1. The Balaban J connectivity index is 2.15. The molecular formula is C12H17F3N2. The van der Waals surface area contributed by atoms with Crippen molar-refractivity contribution < 1.29 is 13.2 Å². The van der Waals surface area contributed by atoms with Gasteiger partial charge in [-0.1, -0.05) is 0 Å². The molecule has 0 bridgehead atoms. The lowest BCUT2D eigenvalue weighted by Crippen LogP contribution is -2.21. The second-order valence-corrected chi connectivity index (χ2v) is 4.16. The second-order valence-electron chi connectivity index (χ2n) is 4.16. The molecule has 1 aromatic heterocycles. The molecule has 96 valence electrons. The van der Waals surface area contributed by atoms with Gasteiger partial charge in [-0.25, -0.2) is 0 Å². The Morgan fingerprint density at radius 2 is 1.82 bits per heavy atom. The summed E-state index contributed by atoms with van der Waals surface area (Å²) in [5.74, 6) is 0. The molecule has 1 rings (SSSR count). The van der Waals surface area contributed by atoms with Crippen molar-refractivity contribution in [2.24, 2.45) is 5.73 Å². The van der Waals surface area contributed by atoms with Crippen LogP contribution in [0.3, 0.4) is 0 Å². The van der Waals surface area contributed by atoms with Crippen molar-refractivity contribution >= 4 is 0 Å². The molecule has 1 atom stereocenters. The number of hydrogen-bond donors (Lipinski definition) is 1. The number of nitrogens with two attached hydrogens (primary N) is 1. The second kappa shape index (κ2) is 6.59. The molecule has 0 aromatic carbocycles. The SMILES string of the molecule is NC(CCCC(F)(F)F)CCc1ccncc1. The van der Waals surface area contributed by atoms with Crippen LogP contribution < -0.4 is 5.73 Å². The van der Waals surface area contributed by atoms with Crippen LogP contribution in [0.5, 0.6) is 0 Å². The van der Waals surface area contributed by atoms with Crippen LogP contribution in [0, 0.1) is 0 Å². The topological polar surface area (TPSA) is 38.9 Å². The van der Waals surface area contributed by atoms with Gasteiger partial charge in [0, 0.05) is 24.9 Å². The molecule has 1 heterocycles. The number of aromatic nitrogens is 1. The lowest BCUT2D eigenvalue weighted by molar-refractivity contribution is -0.135. The highest BCUT2D eigenvalue weighted by molar-refractivity contribution is 5.09. The van der Waals surface area contributed by atoms with Gasteiger partial charge >= 0.3 is 6.18 Å². The molecule has 0 fully saturated rings. The van der Waals surface area contributed by atoms with E-state index in [1.54, 1.807) is 12.4 Å². The molecule has 0 aliphatic rings. The standard InChI is InChI=1S/C12H17F3N2/c13-12(14,15)7-1-2-11(16)4-3-10-5-8-17-9-6-10/h5-6,8-9,11H,1-4,7,16H2. The maximum absolute atomic E-state index is 11.9. The zero-order chi connectivity index (χ0) is 12.7. The molecule has 0 saturated heterocycles. The van der Waals surface area contributed by atoms with E-state index >= 15 is 0 Å². The summed E-state index contributed by atoms with van der Waals surface area (Å²) in [7, 11) is 0. The van der Waals surface area contributed by atoms with Crippen molar-refractivity contribution in [2.75, 3.05) is 0 Å². The van der Waals surface area contributed by atoms with Gasteiger partial charge < -0.3 is 5.73 Å². The average Bonchev–Trinajstić information content (AvgIpc) is 2.26. The normalized spacial score (nSPS) is 13.6. The van der Waals surface area contributed by atoms with Crippen molar-refractivity contribution in [3.05, 3.63) is 30.1 Å². The van der Waals surface area contributed by atoms with Gasteiger partial charge in [0.1, 0.15) is 0 Å². The molecule has 1 unspecified atom stereocenters. The minimum Gasteiger partial charge on any atom is -0.328 e. The number of alkyl halides is 3. The highest BCUT2D eigenvalue weighted by Crippen LogP contribution is 2.22. The molecule has 0 aliphatic carbocycles. The fourth-order valence-electron chi connectivity index (χ4n) is 1.61. The van der Waals surface area contributed by atoms with Gasteiger partial charge in [-0.05, 0) is 43.4 Å². The van der Waals surface area contributed by atoms with Crippen LogP contribution in [0.15, 0.2) is 24.5 Å². The van der Waals surface area contributed by atoms with Gasteiger partial charge in [-0.3, -0.25) is 4.98 Å². The molecule has 2 nitrogen and oxygen atoms in total. The Hall–Kier alpha value is -1.10. The van der Waals surface area contributed by atoms with Crippen LogP contribution >= 0.6 is 0 Å². The number of rotatable bonds is 6. The van der Waals surface area contributed by atoms with E-state index in [1.165, 1.54) is 0 Å². The van der Waals surface area contributed by atoms with Gasteiger partial charge in [-0.2, -0.15) is 13.2 Å². The first-order valence-corrected chi connectivity index (χ1v) is 5.68. The van der Waals surface area contributed by atoms with E-state index in [0.29, 0.717) is 12.8 Å². The van der Waals surface area contributed by atoms with Crippen LogP contribution in [0.1, 0.15) is 31.2 Å². The summed E-state index contributed by atoms with van der Waals surface area (Å²) in [4.78, 5) is 3.89. The summed E-state index contributed by atoms with van der Waals surface area (Å²) in [6.07, 6.45) is 0.624. The smallest absolute Gasteiger partial charge is 0.328 e. The zero-order valence-electron chi connectivity index (χ0n) is 9.58. The Bertz CT molecular complexity index is 311. The van der Waals surface area contributed by atoms with Crippen LogP contribution in [-0.4, -0.2) is 17.2 Å². The first kappa shape index (κ1) is 14.0. The molecule has 0 aliphatic heterocycles. The average molecular weight is 246 g/mol. The quantitative estimate of drug-likeness (QED) is 0.837. The minimum absolute atomic E-state index is 0.112. The maximum Gasteiger partial charge on any atom is 0.389 e. The molecule has 5 heteroatoms. The predicted octanol–water partition coefficient (Wildman–Crippen LogP) is 3.07. The van der Waals surface area contributed by atoms with Crippen molar-refractivity contribution in [1.82, 2.24) is 4.98 Å². The van der Waals surface area contributed by atoms with Crippen LogP contribution in [0.25, 0.3) is 0 Å². The molecule has 0 spiro atoms. The number of pyridine rings is 1. The van der Waals surface area contributed by atoms with E-state index < -0.39 is 12.6 Å². The highest BCUT2D eigenvalue weighted by Gasteiger charge is 2.26. The van der Waals surface area contributed by atoms with Crippen molar-refractivity contribution in [2.45, 2.75) is 44.3 Å². The third-order valence-electron chi connectivity index (χ3n) is 2.59. The van der Waals surface area contributed by atoms with Gasteiger partial charge in [0.2, 0.25) is 0 Å². The molecular weight excluding hydrogens is 229 g/mol. The Labute approximate surface area is 99.0 Å². The summed E-state index contributed by atoms with van der Waals surface area (Å²) in [6.45, 7) is 0. The first-order chi connectivity index (χ1) is 7.97. The molecule has 0 amide bonds. The fraction of sp³-hybridized carbons (Fsp3) is 0.583. The first-order valence-electron chi connectivity index (χ1n) is 5.68. The van der Waals surface area contributed by atoms with Gasteiger partial charge in [-0.15, -0.1) is 0 Å². The zero-order valence-corrected chi connectivity index (χ0v) is 9.58. The largest absolute Gasteiger partial charge is 0.389 e. The van der Waals surface area contributed by atoms with E-state index in [1.807, 2.05) is 12.1 Å². The Morgan fingerprint density at radius 1 is 1.18 bits per heavy atom. The number of aryl methyl sites for hydroxylation is 1.